The molecule has 0 fully saturated rings. The quantitative estimate of drug-likeness (QED) is 0.840. The standard InChI is InChI=1S/C9H6ClN3O2/c10-6-2-1-3-7(4-6)13-5-8(9(14)15)11-12-13/h1-5H,(H,14,15). The van der Waals surface area contributed by atoms with Crippen LogP contribution >= 0.6 is 11.6 Å². The summed E-state index contributed by atoms with van der Waals surface area (Å²) in [5.41, 5.74) is 0.567. The average Bonchev–Trinajstić information content (AvgIpc) is 2.66. The molecule has 0 saturated heterocycles. The Kier molecular flexibility index (Phi) is 2.39. The fourth-order valence-electron chi connectivity index (χ4n) is 1.11. The predicted molar refractivity (Wildman–Crippen MR) is 53.3 cm³/mol. The fraction of sp³-hybridized carbons (Fsp3) is 0. The maximum atomic E-state index is 10.6. The highest BCUT2D eigenvalue weighted by molar-refractivity contribution is 6.30. The van der Waals surface area contributed by atoms with E-state index in [-0.39, 0.29) is 5.69 Å². The van der Waals surface area contributed by atoms with Crippen molar-refractivity contribution in [3.05, 3.63) is 41.2 Å². The first-order valence-corrected chi connectivity index (χ1v) is 4.46. The molecule has 0 saturated carbocycles. The molecule has 0 radical (unpaired) electrons. The van der Waals surface area contributed by atoms with Crippen molar-refractivity contribution >= 4 is 17.6 Å². The monoisotopic (exact) mass is 223 g/mol. The van der Waals surface area contributed by atoms with Crippen LogP contribution in [0.3, 0.4) is 0 Å². The van der Waals surface area contributed by atoms with Crippen molar-refractivity contribution in [2.75, 3.05) is 0 Å². The normalized spacial score (nSPS) is 10.2. The van der Waals surface area contributed by atoms with Gasteiger partial charge in [-0.3, -0.25) is 0 Å². The smallest absolute Gasteiger partial charge is 0.358 e. The lowest BCUT2D eigenvalue weighted by molar-refractivity contribution is 0.0690. The summed E-state index contributed by atoms with van der Waals surface area (Å²) in [5.74, 6) is -1.11. The molecule has 0 bridgehead atoms. The van der Waals surface area contributed by atoms with Crippen LogP contribution in [0, 0.1) is 0 Å². The van der Waals surface area contributed by atoms with Gasteiger partial charge >= 0.3 is 5.97 Å². The topological polar surface area (TPSA) is 68.0 Å². The third-order valence-corrected chi connectivity index (χ3v) is 2.02. The van der Waals surface area contributed by atoms with Gasteiger partial charge in [-0.25, -0.2) is 9.48 Å². The largest absolute Gasteiger partial charge is 0.476 e. The van der Waals surface area contributed by atoms with Gasteiger partial charge in [0, 0.05) is 5.02 Å². The first-order chi connectivity index (χ1) is 7.16. The summed E-state index contributed by atoms with van der Waals surface area (Å²) in [6.07, 6.45) is 1.33. The van der Waals surface area contributed by atoms with E-state index in [2.05, 4.69) is 10.3 Å². The molecule has 1 aromatic carbocycles. The number of halogens is 1. The molecular formula is C9H6ClN3O2. The summed E-state index contributed by atoms with van der Waals surface area (Å²) < 4.78 is 1.36. The molecule has 0 amide bonds. The van der Waals surface area contributed by atoms with Crippen LogP contribution < -0.4 is 0 Å². The number of hydrogen-bond acceptors (Lipinski definition) is 3. The van der Waals surface area contributed by atoms with Crippen molar-refractivity contribution in [3.8, 4) is 5.69 Å². The zero-order valence-electron chi connectivity index (χ0n) is 7.46. The highest BCUT2D eigenvalue weighted by atomic mass is 35.5. The molecule has 1 heterocycles. The van der Waals surface area contributed by atoms with E-state index in [9.17, 15) is 4.79 Å². The Balaban J connectivity index is 2.41. The van der Waals surface area contributed by atoms with Gasteiger partial charge in [-0.15, -0.1) is 5.10 Å². The second-order valence-corrected chi connectivity index (χ2v) is 3.27. The molecule has 2 rings (SSSR count). The van der Waals surface area contributed by atoms with E-state index in [1.165, 1.54) is 10.9 Å². The van der Waals surface area contributed by atoms with Gasteiger partial charge in [0.25, 0.3) is 0 Å². The Labute approximate surface area is 89.9 Å². The number of carboxylic acid groups (broad SMARTS) is 1. The number of aromatic carboxylic acids is 1. The number of aromatic nitrogens is 3. The Bertz CT molecular complexity index is 510. The Hall–Kier alpha value is -1.88. The zero-order chi connectivity index (χ0) is 10.8. The van der Waals surface area contributed by atoms with Crippen LogP contribution in [0.2, 0.25) is 5.02 Å². The predicted octanol–water partition coefficient (Wildman–Crippen LogP) is 1.62. The number of benzene rings is 1. The van der Waals surface area contributed by atoms with Crippen LogP contribution in [0.5, 0.6) is 0 Å². The summed E-state index contributed by atoms with van der Waals surface area (Å²) in [6.45, 7) is 0. The van der Waals surface area contributed by atoms with Gasteiger partial charge in [0.2, 0.25) is 0 Å². The second kappa shape index (κ2) is 3.70. The minimum absolute atomic E-state index is 0.102. The lowest BCUT2D eigenvalue weighted by Gasteiger charge is -1.98. The highest BCUT2D eigenvalue weighted by Crippen LogP contribution is 2.13. The highest BCUT2D eigenvalue weighted by Gasteiger charge is 2.08. The van der Waals surface area contributed by atoms with E-state index in [0.29, 0.717) is 10.7 Å². The summed E-state index contributed by atoms with van der Waals surface area (Å²) in [6, 6.07) is 6.90. The maximum Gasteiger partial charge on any atom is 0.358 e. The number of carbonyl (C=O) groups is 1. The first-order valence-electron chi connectivity index (χ1n) is 4.08. The van der Waals surface area contributed by atoms with Crippen molar-refractivity contribution in [1.29, 1.82) is 0 Å². The molecule has 1 N–H and O–H groups in total. The Morgan fingerprint density at radius 3 is 2.87 bits per heavy atom. The molecule has 0 unspecified atom stereocenters. The van der Waals surface area contributed by atoms with Crippen molar-refractivity contribution in [2.45, 2.75) is 0 Å². The SMILES string of the molecule is O=C(O)c1cn(-c2cccc(Cl)c2)nn1. The molecule has 5 nitrogen and oxygen atoms in total. The molecular weight excluding hydrogens is 218 g/mol. The minimum atomic E-state index is -1.11. The number of nitrogens with zero attached hydrogens (tertiary/aromatic N) is 3. The van der Waals surface area contributed by atoms with Crippen molar-refractivity contribution in [2.24, 2.45) is 0 Å². The third-order valence-electron chi connectivity index (χ3n) is 1.79. The van der Waals surface area contributed by atoms with E-state index in [1.54, 1.807) is 24.3 Å². The van der Waals surface area contributed by atoms with Crippen molar-refractivity contribution < 1.29 is 9.90 Å². The van der Waals surface area contributed by atoms with Gasteiger partial charge in [0.1, 0.15) is 0 Å². The van der Waals surface area contributed by atoms with Crippen molar-refractivity contribution in [3.63, 3.8) is 0 Å². The van der Waals surface area contributed by atoms with Crippen LogP contribution in [0.4, 0.5) is 0 Å². The molecule has 0 aliphatic heterocycles. The number of carboxylic acids is 1. The third kappa shape index (κ3) is 1.97. The minimum Gasteiger partial charge on any atom is -0.476 e. The zero-order valence-corrected chi connectivity index (χ0v) is 8.22. The second-order valence-electron chi connectivity index (χ2n) is 2.83. The molecule has 1 aromatic heterocycles. The Morgan fingerprint density at radius 2 is 2.27 bits per heavy atom. The van der Waals surface area contributed by atoms with Crippen LogP contribution in [0.15, 0.2) is 30.5 Å². The molecule has 6 heteroatoms. The number of rotatable bonds is 2. The molecule has 0 aliphatic rings. The average molecular weight is 224 g/mol. The number of hydrogen-bond donors (Lipinski definition) is 1. The van der Waals surface area contributed by atoms with Gasteiger partial charge in [-0.05, 0) is 18.2 Å². The van der Waals surface area contributed by atoms with Crippen LogP contribution in [0.1, 0.15) is 10.5 Å². The summed E-state index contributed by atoms with van der Waals surface area (Å²) in [7, 11) is 0. The van der Waals surface area contributed by atoms with Gasteiger partial charge in [-0.1, -0.05) is 22.9 Å². The maximum absolute atomic E-state index is 10.6. The molecule has 2 aromatic rings. The fourth-order valence-corrected chi connectivity index (χ4v) is 1.29. The van der Waals surface area contributed by atoms with Crippen LogP contribution in [-0.2, 0) is 0 Å². The molecule has 15 heavy (non-hydrogen) atoms. The summed E-state index contributed by atoms with van der Waals surface area (Å²) in [5, 5.41) is 16.4. The van der Waals surface area contributed by atoms with Gasteiger partial charge in [0.05, 0.1) is 11.9 Å². The van der Waals surface area contributed by atoms with Crippen molar-refractivity contribution in [1.82, 2.24) is 15.0 Å². The molecule has 0 atom stereocenters. The molecule has 0 aliphatic carbocycles. The van der Waals surface area contributed by atoms with E-state index < -0.39 is 5.97 Å². The first kappa shape index (κ1) is 9.67. The van der Waals surface area contributed by atoms with Crippen LogP contribution in [-0.4, -0.2) is 26.1 Å². The van der Waals surface area contributed by atoms with Gasteiger partial charge in [0.15, 0.2) is 5.69 Å². The van der Waals surface area contributed by atoms with Gasteiger partial charge in [-0.2, -0.15) is 0 Å². The van der Waals surface area contributed by atoms with Gasteiger partial charge < -0.3 is 5.11 Å². The molecule has 0 spiro atoms. The summed E-state index contributed by atoms with van der Waals surface area (Å²) >= 11 is 5.79. The Morgan fingerprint density at radius 1 is 1.47 bits per heavy atom. The molecule has 76 valence electrons. The van der Waals surface area contributed by atoms with E-state index >= 15 is 0 Å². The van der Waals surface area contributed by atoms with E-state index in [4.69, 9.17) is 16.7 Å². The van der Waals surface area contributed by atoms with E-state index in [1.807, 2.05) is 0 Å². The lowest BCUT2D eigenvalue weighted by atomic mass is 10.3. The summed E-state index contributed by atoms with van der Waals surface area (Å²) in [4.78, 5) is 10.6. The van der Waals surface area contributed by atoms with Crippen LogP contribution in [0.25, 0.3) is 5.69 Å². The lowest BCUT2D eigenvalue weighted by Crippen LogP contribution is -1.95. The van der Waals surface area contributed by atoms with E-state index in [0.717, 1.165) is 0 Å².